The lowest BCUT2D eigenvalue weighted by molar-refractivity contribution is -0.114. The Morgan fingerprint density at radius 2 is 1.70 bits per heavy atom. The maximum Gasteiger partial charge on any atom is 0.221 e. The molecule has 2 aromatic rings. The van der Waals surface area contributed by atoms with Crippen LogP contribution in [-0.2, 0) is 4.79 Å². The molecule has 3 nitrogen and oxygen atoms in total. The molecule has 0 aromatic heterocycles. The van der Waals surface area contributed by atoms with Gasteiger partial charge in [-0.05, 0) is 48.4 Å². The second-order valence-electron chi connectivity index (χ2n) is 4.74. The Bertz CT molecular complexity index is 633. The molecular weight excluding hydrogens is 248 g/mol. The zero-order valence-corrected chi connectivity index (χ0v) is 11.7. The second kappa shape index (κ2) is 6.06. The van der Waals surface area contributed by atoms with Crippen molar-refractivity contribution in [2.24, 2.45) is 0 Å². The van der Waals surface area contributed by atoms with Gasteiger partial charge in [0.1, 0.15) is 0 Å². The summed E-state index contributed by atoms with van der Waals surface area (Å²) in [6, 6.07) is 15.7. The fraction of sp³-hybridized carbons (Fsp3) is 0.118. The van der Waals surface area contributed by atoms with E-state index in [1.54, 1.807) is 0 Å². The van der Waals surface area contributed by atoms with Gasteiger partial charge in [-0.3, -0.25) is 4.79 Å². The predicted molar refractivity (Wildman–Crippen MR) is 84.6 cm³/mol. The van der Waals surface area contributed by atoms with Gasteiger partial charge < -0.3 is 10.6 Å². The highest BCUT2D eigenvalue weighted by atomic mass is 16.1. The van der Waals surface area contributed by atoms with E-state index in [1.165, 1.54) is 6.92 Å². The minimum absolute atomic E-state index is 0.0804. The highest BCUT2D eigenvalue weighted by Crippen LogP contribution is 2.22. The van der Waals surface area contributed by atoms with Crippen LogP contribution < -0.4 is 10.6 Å². The lowest BCUT2D eigenvalue weighted by atomic mass is 10.1. The summed E-state index contributed by atoms with van der Waals surface area (Å²) in [7, 11) is 0. The molecule has 1 amide bonds. The summed E-state index contributed by atoms with van der Waals surface area (Å²) in [5, 5.41) is 6.06. The van der Waals surface area contributed by atoms with Crippen LogP contribution in [-0.4, -0.2) is 5.91 Å². The first-order valence-corrected chi connectivity index (χ1v) is 6.45. The minimum atomic E-state index is -0.0804. The molecule has 0 fully saturated rings. The predicted octanol–water partition coefficient (Wildman–Crippen LogP) is 4.04. The van der Waals surface area contributed by atoms with Gasteiger partial charge in [0.05, 0.1) is 0 Å². The zero-order chi connectivity index (χ0) is 14.5. The van der Waals surface area contributed by atoms with Gasteiger partial charge in [-0.2, -0.15) is 0 Å². The first kappa shape index (κ1) is 13.9. The lowest BCUT2D eigenvalue weighted by Crippen LogP contribution is -2.07. The third kappa shape index (κ3) is 3.72. The van der Waals surface area contributed by atoms with Crippen LogP contribution >= 0.6 is 0 Å². The van der Waals surface area contributed by atoms with E-state index in [4.69, 9.17) is 0 Å². The number of benzene rings is 2. The molecule has 0 saturated heterocycles. The van der Waals surface area contributed by atoms with Gasteiger partial charge in [0.2, 0.25) is 5.91 Å². The molecule has 102 valence electrons. The van der Waals surface area contributed by atoms with Crippen LogP contribution in [0.5, 0.6) is 0 Å². The van der Waals surface area contributed by atoms with Crippen LogP contribution in [0.4, 0.5) is 11.4 Å². The smallest absolute Gasteiger partial charge is 0.221 e. The molecule has 0 radical (unpaired) electrons. The second-order valence-corrected chi connectivity index (χ2v) is 4.74. The van der Waals surface area contributed by atoms with Crippen molar-refractivity contribution in [1.82, 2.24) is 0 Å². The maximum absolute atomic E-state index is 11.1. The summed E-state index contributed by atoms with van der Waals surface area (Å²) < 4.78 is 0. The van der Waals surface area contributed by atoms with Crippen molar-refractivity contribution < 1.29 is 4.79 Å². The summed E-state index contributed by atoms with van der Waals surface area (Å²) in [4.78, 5) is 11.1. The average Bonchev–Trinajstić information content (AvgIpc) is 2.38. The zero-order valence-electron chi connectivity index (χ0n) is 11.7. The van der Waals surface area contributed by atoms with E-state index in [0.717, 1.165) is 28.2 Å². The number of amides is 1. The maximum atomic E-state index is 11.1. The van der Waals surface area contributed by atoms with Crippen molar-refractivity contribution in [2.45, 2.75) is 13.8 Å². The highest BCUT2D eigenvalue weighted by Gasteiger charge is 2.04. The molecule has 0 bridgehead atoms. The number of carbonyl (C=O) groups is 1. The SMILES string of the molecule is C=C(Nc1ccccc1)c1cc(C)cc(NC(C)=O)c1. The number of para-hydroxylation sites is 1. The lowest BCUT2D eigenvalue weighted by Gasteiger charge is -2.12. The Morgan fingerprint density at radius 3 is 2.35 bits per heavy atom. The van der Waals surface area contributed by atoms with E-state index >= 15 is 0 Å². The number of carbonyl (C=O) groups excluding carboxylic acids is 1. The normalized spacial score (nSPS) is 9.90. The molecule has 20 heavy (non-hydrogen) atoms. The Balaban J connectivity index is 2.21. The van der Waals surface area contributed by atoms with Crippen LogP contribution in [0.3, 0.4) is 0 Å². The largest absolute Gasteiger partial charge is 0.356 e. The molecule has 0 aliphatic carbocycles. The van der Waals surface area contributed by atoms with Crippen molar-refractivity contribution in [1.29, 1.82) is 0 Å². The standard InChI is InChI=1S/C17H18N2O/c1-12-9-15(11-17(10-12)19-14(3)20)13(2)18-16-7-5-4-6-8-16/h4-11,18H,2H2,1,3H3,(H,19,20). The summed E-state index contributed by atoms with van der Waals surface area (Å²) >= 11 is 0. The van der Waals surface area contributed by atoms with E-state index in [1.807, 2.05) is 55.5 Å². The van der Waals surface area contributed by atoms with Crippen LogP contribution in [0.15, 0.2) is 55.1 Å². The van der Waals surface area contributed by atoms with E-state index in [0.29, 0.717) is 0 Å². The molecule has 0 unspecified atom stereocenters. The van der Waals surface area contributed by atoms with Gasteiger partial charge in [-0.15, -0.1) is 0 Å². The first-order valence-electron chi connectivity index (χ1n) is 6.45. The first-order chi connectivity index (χ1) is 9.54. The monoisotopic (exact) mass is 266 g/mol. The van der Waals surface area contributed by atoms with Gasteiger partial charge >= 0.3 is 0 Å². The molecular formula is C17H18N2O. The molecule has 0 atom stereocenters. The number of aryl methyl sites for hydroxylation is 1. The molecule has 2 N–H and O–H groups in total. The van der Waals surface area contributed by atoms with Crippen molar-refractivity contribution >= 4 is 23.0 Å². The third-order valence-electron chi connectivity index (χ3n) is 2.82. The van der Waals surface area contributed by atoms with E-state index in [-0.39, 0.29) is 5.91 Å². The minimum Gasteiger partial charge on any atom is -0.356 e. The van der Waals surface area contributed by atoms with Crippen molar-refractivity contribution in [3.63, 3.8) is 0 Å². The molecule has 0 spiro atoms. The molecule has 2 aromatic carbocycles. The topological polar surface area (TPSA) is 41.1 Å². The Labute approximate surface area is 119 Å². The van der Waals surface area contributed by atoms with Gasteiger partial charge in [-0.1, -0.05) is 24.8 Å². The quantitative estimate of drug-likeness (QED) is 0.877. The summed E-state index contributed by atoms with van der Waals surface area (Å²) in [6.45, 7) is 7.55. The number of hydrogen-bond donors (Lipinski definition) is 2. The van der Waals surface area contributed by atoms with Gasteiger partial charge in [-0.25, -0.2) is 0 Å². The molecule has 0 heterocycles. The molecule has 0 aliphatic rings. The Kier molecular flexibility index (Phi) is 4.20. The number of nitrogens with one attached hydrogen (secondary N) is 2. The Hall–Kier alpha value is -2.55. The van der Waals surface area contributed by atoms with Gasteiger partial charge in [0.15, 0.2) is 0 Å². The Morgan fingerprint density at radius 1 is 1.00 bits per heavy atom. The summed E-state index contributed by atoms with van der Waals surface area (Å²) in [5.74, 6) is -0.0804. The average molecular weight is 266 g/mol. The van der Waals surface area contributed by atoms with Crippen molar-refractivity contribution in [3.8, 4) is 0 Å². The van der Waals surface area contributed by atoms with Crippen LogP contribution in [0.2, 0.25) is 0 Å². The van der Waals surface area contributed by atoms with Crippen molar-refractivity contribution in [2.75, 3.05) is 10.6 Å². The highest BCUT2D eigenvalue weighted by molar-refractivity contribution is 5.89. The van der Waals surface area contributed by atoms with E-state index < -0.39 is 0 Å². The van der Waals surface area contributed by atoms with E-state index in [2.05, 4.69) is 17.2 Å². The molecule has 0 aliphatic heterocycles. The van der Waals surface area contributed by atoms with E-state index in [9.17, 15) is 4.79 Å². The summed E-state index contributed by atoms with van der Waals surface area (Å²) in [5.41, 5.74) is 4.59. The molecule has 2 rings (SSSR count). The van der Waals surface area contributed by atoms with Crippen LogP contribution in [0.25, 0.3) is 5.70 Å². The molecule has 0 saturated carbocycles. The third-order valence-corrected chi connectivity index (χ3v) is 2.82. The fourth-order valence-electron chi connectivity index (χ4n) is 2.00. The van der Waals surface area contributed by atoms with Gasteiger partial charge in [0, 0.05) is 24.0 Å². The van der Waals surface area contributed by atoms with Crippen LogP contribution in [0.1, 0.15) is 18.1 Å². The number of rotatable bonds is 4. The fourth-order valence-corrected chi connectivity index (χ4v) is 2.00. The van der Waals surface area contributed by atoms with Crippen molar-refractivity contribution in [3.05, 3.63) is 66.2 Å². The molecule has 3 heteroatoms. The van der Waals surface area contributed by atoms with Crippen LogP contribution in [0, 0.1) is 6.92 Å². The summed E-state index contributed by atoms with van der Waals surface area (Å²) in [6.07, 6.45) is 0. The van der Waals surface area contributed by atoms with Gasteiger partial charge in [0.25, 0.3) is 0 Å². The number of anilines is 2. The number of hydrogen-bond acceptors (Lipinski definition) is 2.